The van der Waals surface area contributed by atoms with Crippen LogP contribution >= 0.6 is 0 Å². The average Bonchev–Trinajstić information content (AvgIpc) is 2.81. The van der Waals surface area contributed by atoms with Gasteiger partial charge in [0.2, 0.25) is 0 Å². The summed E-state index contributed by atoms with van der Waals surface area (Å²) in [5.41, 5.74) is 0.808. The van der Waals surface area contributed by atoms with Crippen LogP contribution in [0.3, 0.4) is 0 Å². The highest BCUT2D eigenvalue weighted by Crippen LogP contribution is 2.21. The van der Waals surface area contributed by atoms with Gasteiger partial charge in [-0.2, -0.15) is 17.8 Å². The third kappa shape index (κ3) is 3.10. The van der Waals surface area contributed by atoms with Gasteiger partial charge in [0.05, 0.1) is 5.52 Å². The molecule has 0 aliphatic carbocycles. The van der Waals surface area contributed by atoms with Crippen molar-refractivity contribution in [3.05, 3.63) is 24.3 Å². The van der Waals surface area contributed by atoms with Crippen molar-refractivity contribution in [1.82, 2.24) is 14.5 Å². The van der Waals surface area contributed by atoms with E-state index in [0.29, 0.717) is 18.9 Å². The molecule has 0 fully saturated rings. The number of nitrogens with zero attached hydrogens (tertiary/aromatic N) is 2. The van der Waals surface area contributed by atoms with E-state index >= 15 is 0 Å². The lowest BCUT2D eigenvalue weighted by atomic mass is 10.2. The second-order valence-electron chi connectivity index (χ2n) is 4.62. The molecule has 0 bridgehead atoms. The molecular weight excluding hydrogens is 276 g/mol. The Bertz CT molecular complexity index is 660. The van der Waals surface area contributed by atoms with Gasteiger partial charge in [0.25, 0.3) is 0 Å². The molecule has 0 saturated carbocycles. The predicted octanol–water partition coefficient (Wildman–Crippen LogP) is 2.34. The molecule has 0 unspecified atom stereocenters. The van der Waals surface area contributed by atoms with Crippen molar-refractivity contribution in [2.45, 2.75) is 26.7 Å². The van der Waals surface area contributed by atoms with Gasteiger partial charge >= 0.3 is 10.2 Å². The van der Waals surface area contributed by atoms with Gasteiger partial charge in [0, 0.05) is 18.5 Å². The van der Waals surface area contributed by atoms with Crippen LogP contribution in [0.4, 0.5) is 5.82 Å². The summed E-state index contributed by atoms with van der Waals surface area (Å²) in [5, 5.41) is 7.63. The highest BCUT2D eigenvalue weighted by molar-refractivity contribution is 7.90. The molecule has 0 saturated heterocycles. The molecule has 1 aromatic carbocycles. The maximum absolute atomic E-state index is 12.4. The summed E-state index contributed by atoms with van der Waals surface area (Å²) in [6.45, 7) is 4.93. The summed E-state index contributed by atoms with van der Waals surface area (Å²) in [6.07, 6.45) is 1.56. The lowest BCUT2D eigenvalue weighted by Gasteiger charge is -2.20. The number of nitrogens with one attached hydrogen (secondary N) is 2. The zero-order valence-electron chi connectivity index (χ0n) is 11.8. The minimum atomic E-state index is -3.56. The van der Waals surface area contributed by atoms with Gasteiger partial charge in [-0.15, -0.1) is 0 Å². The molecule has 0 spiro atoms. The first-order chi connectivity index (χ1) is 9.58. The highest BCUT2D eigenvalue weighted by atomic mass is 32.2. The number of anilines is 1. The number of hydrogen-bond donors (Lipinski definition) is 2. The van der Waals surface area contributed by atoms with E-state index in [0.717, 1.165) is 23.7 Å². The van der Waals surface area contributed by atoms with Crippen LogP contribution < -0.4 is 4.72 Å². The summed E-state index contributed by atoms with van der Waals surface area (Å²) in [5.74, 6) is 0.345. The first-order valence-corrected chi connectivity index (χ1v) is 8.23. The lowest BCUT2D eigenvalue weighted by molar-refractivity contribution is 0.413. The number of hydrogen-bond acceptors (Lipinski definition) is 3. The van der Waals surface area contributed by atoms with E-state index in [-0.39, 0.29) is 0 Å². The van der Waals surface area contributed by atoms with Crippen molar-refractivity contribution in [1.29, 1.82) is 0 Å². The number of aromatic nitrogens is 2. The minimum absolute atomic E-state index is 0.345. The van der Waals surface area contributed by atoms with Crippen LogP contribution in [0.1, 0.15) is 26.7 Å². The molecule has 20 heavy (non-hydrogen) atoms. The van der Waals surface area contributed by atoms with Crippen LogP contribution in [0.5, 0.6) is 0 Å². The van der Waals surface area contributed by atoms with Gasteiger partial charge in [-0.1, -0.05) is 26.0 Å². The number of rotatable bonds is 7. The highest BCUT2D eigenvalue weighted by Gasteiger charge is 2.22. The van der Waals surface area contributed by atoms with Gasteiger partial charge < -0.3 is 0 Å². The third-order valence-electron chi connectivity index (χ3n) is 2.98. The Morgan fingerprint density at radius 1 is 1.20 bits per heavy atom. The van der Waals surface area contributed by atoms with E-state index < -0.39 is 10.2 Å². The zero-order valence-corrected chi connectivity index (χ0v) is 12.6. The fraction of sp³-hybridized carbons (Fsp3) is 0.462. The van der Waals surface area contributed by atoms with E-state index in [2.05, 4.69) is 14.9 Å². The Morgan fingerprint density at radius 2 is 1.85 bits per heavy atom. The van der Waals surface area contributed by atoms with Crippen molar-refractivity contribution in [3.63, 3.8) is 0 Å². The summed E-state index contributed by atoms with van der Waals surface area (Å²) in [4.78, 5) is 0. The molecule has 7 heteroatoms. The number of aromatic amines is 1. The van der Waals surface area contributed by atoms with Gasteiger partial charge in [0.1, 0.15) is 0 Å². The largest absolute Gasteiger partial charge is 0.302 e. The smallest absolute Gasteiger partial charge is 0.276 e. The van der Waals surface area contributed by atoms with E-state index in [1.165, 1.54) is 4.31 Å². The van der Waals surface area contributed by atoms with Gasteiger partial charge in [-0.3, -0.25) is 9.82 Å². The van der Waals surface area contributed by atoms with Crippen LogP contribution in [0.25, 0.3) is 10.9 Å². The summed E-state index contributed by atoms with van der Waals surface area (Å²) in [6, 6.07) is 7.42. The van der Waals surface area contributed by atoms with E-state index in [9.17, 15) is 8.42 Å². The summed E-state index contributed by atoms with van der Waals surface area (Å²) < 4.78 is 28.8. The van der Waals surface area contributed by atoms with Crippen molar-refractivity contribution >= 4 is 26.9 Å². The van der Waals surface area contributed by atoms with Gasteiger partial charge in [0.15, 0.2) is 5.82 Å². The normalized spacial score (nSPS) is 12.2. The Morgan fingerprint density at radius 3 is 2.50 bits per heavy atom. The van der Waals surface area contributed by atoms with Crippen LogP contribution in [-0.2, 0) is 10.2 Å². The van der Waals surface area contributed by atoms with Crippen molar-refractivity contribution in [3.8, 4) is 0 Å². The quantitative estimate of drug-likeness (QED) is 0.823. The maximum Gasteiger partial charge on any atom is 0.302 e. The Balaban J connectivity index is 2.26. The molecule has 1 heterocycles. The minimum Gasteiger partial charge on any atom is -0.276 e. The lowest BCUT2D eigenvalue weighted by Crippen LogP contribution is -2.37. The fourth-order valence-electron chi connectivity index (χ4n) is 2.08. The topological polar surface area (TPSA) is 78.1 Å². The second-order valence-corrected chi connectivity index (χ2v) is 6.29. The molecule has 1 aromatic heterocycles. The molecule has 2 aromatic rings. The Hall–Kier alpha value is -1.60. The second kappa shape index (κ2) is 6.23. The Labute approximate surface area is 119 Å². The van der Waals surface area contributed by atoms with Crippen LogP contribution in [-0.4, -0.2) is 36.0 Å². The molecule has 0 radical (unpaired) electrons. The van der Waals surface area contributed by atoms with Crippen LogP contribution in [0.2, 0.25) is 0 Å². The number of benzene rings is 1. The standard InChI is InChI=1S/C13H20N4O2S/c1-3-9-17(10-4-2)20(18,19)16-13-11-7-5-6-8-12(11)14-15-13/h5-8H,3-4,9-10H2,1-2H3,(H2,14,15,16). The molecule has 0 aliphatic heterocycles. The molecule has 2 rings (SSSR count). The summed E-state index contributed by atoms with van der Waals surface area (Å²) >= 11 is 0. The molecule has 2 N–H and O–H groups in total. The first-order valence-electron chi connectivity index (χ1n) is 6.79. The van der Waals surface area contributed by atoms with Crippen LogP contribution in [0.15, 0.2) is 24.3 Å². The van der Waals surface area contributed by atoms with Crippen LogP contribution in [0, 0.1) is 0 Å². The van der Waals surface area contributed by atoms with Crippen molar-refractivity contribution < 1.29 is 8.42 Å². The molecular formula is C13H20N4O2S. The summed E-state index contributed by atoms with van der Waals surface area (Å²) in [7, 11) is -3.56. The Kier molecular flexibility index (Phi) is 4.61. The number of fused-ring (bicyclic) bond motifs is 1. The SMILES string of the molecule is CCCN(CCC)S(=O)(=O)Nc1n[nH]c2ccccc12. The fourth-order valence-corrected chi connectivity index (χ4v) is 3.45. The van der Waals surface area contributed by atoms with Crippen molar-refractivity contribution in [2.75, 3.05) is 17.8 Å². The number of H-pyrrole nitrogens is 1. The van der Waals surface area contributed by atoms with E-state index in [1.54, 1.807) is 0 Å². The monoisotopic (exact) mass is 296 g/mol. The average molecular weight is 296 g/mol. The van der Waals surface area contributed by atoms with Gasteiger partial charge in [-0.05, 0) is 25.0 Å². The first kappa shape index (κ1) is 14.8. The molecule has 0 aliphatic rings. The van der Waals surface area contributed by atoms with Crippen molar-refractivity contribution in [2.24, 2.45) is 0 Å². The van der Waals surface area contributed by atoms with E-state index in [4.69, 9.17) is 0 Å². The molecule has 0 amide bonds. The van der Waals surface area contributed by atoms with Gasteiger partial charge in [-0.25, -0.2) is 0 Å². The molecule has 0 atom stereocenters. The molecule has 6 nitrogen and oxygen atoms in total. The number of para-hydroxylation sites is 1. The third-order valence-corrected chi connectivity index (χ3v) is 4.48. The zero-order chi connectivity index (χ0) is 14.6. The maximum atomic E-state index is 12.4. The molecule has 110 valence electrons. The predicted molar refractivity (Wildman–Crippen MR) is 80.8 cm³/mol. The van der Waals surface area contributed by atoms with E-state index in [1.807, 2.05) is 38.1 Å².